The zero-order valence-electron chi connectivity index (χ0n) is 19.3. The third kappa shape index (κ3) is 4.44. The van der Waals surface area contributed by atoms with Crippen molar-refractivity contribution in [2.75, 3.05) is 20.8 Å². The highest BCUT2D eigenvalue weighted by Crippen LogP contribution is 2.48. The molecular formula is C24H28ClNO7. The summed E-state index contributed by atoms with van der Waals surface area (Å²) in [6, 6.07) is 3.01. The number of aromatic hydroxyl groups is 1. The van der Waals surface area contributed by atoms with Crippen molar-refractivity contribution in [1.29, 1.82) is 0 Å². The number of Topliss-reactive ketones (excluding diaryl/α,β-unsaturated/α-hetero) is 1. The third-order valence-electron chi connectivity index (χ3n) is 6.00. The normalized spacial score (nSPS) is 22.5. The van der Waals surface area contributed by atoms with Crippen LogP contribution in [0.4, 0.5) is 0 Å². The van der Waals surface area contributed by atoms with Crippen molar-refractivity contribution in [3.05, 3.63) is 45.3 Å². The molecular weight excluding hydrogens is 450 g/mol. The Morgan fingerprint density at radius 2 is 1.97 bits per heavy atom. The summed E-state index contributed by atoms with van der Waals surface area (Å²) in [5.74, 6) is -3.95. The van der Waals surface area contributed by atoms with Gasteiger partial charge in [0.15, 0.2) is 17.3 Å². The van der Waals surface area contributed by atoms with E-state index in [4.69, 9.17) is 25.8 Å². The molecule has 8 nitrogen and oxygen atoms in total. The van der Waals surface area contributed by atoms with Gasteiger partial charge in [0.25, 0.3) is 0 Å². The number of rotatable bonds is 6. The number of benzene rings is 1. The number of carbonyl (C=O) groups excluding carboxylic acids is 3. The Morgan fingerprint density at radius 1 is 1.27 bits per heavy atom. The van der Waals surface area contributed by atoms with Gasteiger partial charge in [0, 0.05) is 22.9 Å². The number of esters is 2. The molecule has 0 spiro atoms. The van der Waals surface area contributed by atoms with Crippen LogP contribution in [0.5, 0.6) is 11.5 Å². The predicted molar refractivity (Wildman–Crippen MR) is 121 cm³/mol. The van der Waals surface area contributed by atoms with Crippen molar-refractivity contribution in [1.82, 2.24) is 5.32 Å². The first kappa shape index (κ1) is 24.6. The molecule has 0 fully saturated rings. The Bertz CT molecular complexity index is 1060. The topological polar surface area (TPSA) is 111 Å². The third-order valence-corrected chi connectivity index (χ3v) is 6.29. The average molecular weight is 478 g/mol. The quantitative estimate of drug-likeness (QED) is 0.472. The lowest BCUT2D eigenvalue weighted by molar-refractivity contribution is -0.151. The molecule has 0 saturated heterocycles. The molecule has 2 N–H and O–H groups in total. The number of dihydropyridines is 1. The van der Waals surface area contributed by atoms with Crippen LogP contribution in [-0.2, 0) is 23.9 Å². The number of hydrogen-bond donors (Lipinski definition) is 2. The minimum absolute atomic E-state index is 0.00473. The molecule has 0 aromatic heterocycles. The first-order valence-corrected chi connectivity index (χ1v) is 11.1. The van der Waals surface area contributed by atoms with Crippen LogP contribution in [0.1, 0.15) is 45.1 Å². The van der Waals surface area contributed by atoms with E-state index < -0.39 is 29.6 Å². The summed E-state index contributed by atoms with van der Waals surface area (Å²) in [6.07, 6.45) is 1.04. The highest BCUT2D eigenvalue weighted by Gasteiger charge is 2.47. The van der Waals surface area contributed by atoms with Gasteiger partial charge in [-0.25, -0.2) is 4.79 Å². The molecule has 0 unspecified atom stereocenters. The van der Waals surface area contributed by atoms with E-state index in [-0.39, 0.29) is 40.2 Å². The molecule has 2 aliphatic rings. The van der Waals surface area contributed by atoms with E-state index in [1.165, 1.54) is 26.4 Å². The van der Waals surface area contributed by atoms with Crippen molar-refractivity contribution >= 4 is 29.3 Å². The number of allylic oxidation sites excluding steroid dienone is 3. The van der Waals surface area contributed by atoms with Crippen LogP contribution in [0.3, 0.4) is 0 Å². The fraction of sp³-hybridized carbons (Fsp3) is 0.458. The summed E-state index contributed by atoms with van der Waals surface area (Å²) in [5, 5.41) is 13.4. The van der Waals surface area contributed by atoms with Crippen LogP contribution in [0, 0.1) is 11.8 Å². The second kappa shape index (κ2) is 9.87. The minimum Gasteiger partial charge on any atom is -0.503 e. The first-order valence-electron chi connectivity index (χ1n) is 10.7. The highest BCUT2D eigenvalue weighted by molar-refractivity contribution is 6.32. The van der Waals surface area contributed by atoms with Crippen LogP contribution >= 0.6 is 11.6 Å². The zero-order chi connectivity index (χ0) is 24.4. The number of nitrogens with one attached hydrogen (secondary N) is 1. The lowest BCUT2D eigenvalue weighted by Crippen LogP contribution is -2.43. The van der Waals surface area contributed by atoms with Gasteiger partial charge < -0.3 is 24.6 Å². The smallest absolute Gasteiger partial charge is 0.336 e. The molecule has 0 radical (unpaired) electrons. The second-order valence-electron chi connectivity index (χ2n) is 8.22. The molecule has 1 aliphatic carbocycles. The number of carbonyl (C=O) groups is 3. The summed E-state index contributed by atoms with van der Waals surface area (Å²) in [4.78, 5) is 39.2. The predicted octanol–water partition coefficient (Wildman–Crippen LogP) is 3.62. The Morgan fingerprint density at radius 3 is 2.58 bits per heavy atom. The number of hydrogen-bond acceptors (Lipinski definition) is 8. The molecule has 0 bridgehead atoms. The molecule has 0 amide bonds. The lowest BCUT2D eigenvalue weighted by Gasteiger charge is -2.38. The van der Waals surface area contributed by atoms with E-state index in [2.05, 4.69) is 5.32 Å². The molecule has 178 valence electrons. The van der Waals surface area contributed by atoms with E-state index in [0.29, 0.717) is 29.8 Å². The zero-order valence-corrected chi connectivity index (χ0v) is 20.0. The molecule has 33 heavy (non-hydrogen) atoms. The Kier molecular flexibility index (Phi) is 7.37. The van der Waals surface area contributed by atoms with Gasteiger partial charge in [-0.1, -0.05) is 25.4 Å². The van der Waals surface area contributed by atoms with Gasteiger partial charge in [0.05, 0.1) is 31.4 Å². The van der Waals surface area contributed by atoms with Crippen LogP contribution in [0.15, 0.2) is 34.7 Å². The Hall–Kier alpha value is -3.00. The maximum atomic E-state index is 13.7. The van der Waals surface area contributed by atoms with E-state index >= 15 is 0 Å². The van der Waals surface area contributed by atoms with Crippen molar-refractivity contribution in [2.45, 2.75) is 39.5 Å². The number of halogens is 1. The molecule has 1 aromatic rings. The lowest BCUT2D eigenvalue weighted by atomic mass is 9.69. The van der Waals surface area contributed by atoms with Gasteiger partial charge in [0.1, 0.15) is 5.92 Å². The largest absolute Gasteiger partial charge is 0.503 e. The number of phenolic OH excluding ortho intramolecular Hbond substituents is 1. The van der Waals surface area contributed by atoms with Crippen LogP contribution < -0.4 is 10.1 Å². The number of methoxy groups -OCH3 is 2. The molecule has 1 heterocycles. The summed E-state index contributed by atoms with van der Waals surface area (Å²) in [5.41, 5.74) is 2.14. The Balaban J connectivity index is 2.24. The van der Waals surface area contributed by atoms with Gasteiger partial charge in [0.2, 0.25) is 0 Å². The summed E-state index contributed by atoms with van der Waals surface area (Å²) >= 11 is 6.25. The molecule has 1 aromatic carbocycles. The van der Waals surface area contributed by atoms with Gasteiger partial charge in [-0.15, -0.1) is 0 Å². The molecule has 9 heteroatoms. The van der Waals surface area contributed by atoms with Crippen molar-refractivity contribution in [3.63, 3.8) is 0 Å². The van der Waals surface area contributed by atoms with Crippen molar-refractivity contribution < 1.29 is 33.7 Å². The van der Waals surface area contributed by atoms with Crippen LogP contribution in [0.2, 0.25) is 5.02 Å². The number of ketones is 1. The fourth-order valence-electron chi connectivity index (χ4n) is 4.47. The van der Waals surface area contributed by atoms with E-state index in [1.807, 2.05) is 13.8 Å². The summed E-state index contributed by atoms with van der Waals surface area (Å²) in [7, 11) is 2.62. The minimum atomic E-state index is -1.00. The molecule has 3 rings (SSSR count). The van der Waals surface area contributed by atoms with Crippen LogP contribution in [0.25, 0.3) is 0 Å². The van der Waals surface area contributed by atoms with Gasteiger partial charge >= 0.3 is 11.9 Å². The average Bonchev–Trinajstić information content (AvgIpc) is 2.77. The SMILES string of the molecule is CCCOC(=O)C1=C(C)NC2=C(C(=O)[C@@H](C(=O)OC)[C@H](C)C2)[C@@H]1c1cc(Cl)c(O)c(OC)c1. The van der Waals surface area contributed by atoms with Gasteiger partial charge in [-0.3, -0.25) is 9.59 Å². The van der Waals surface area contributed by atoms with Gasteiger partial charge in [-0.2, -0.15) is 0 Å². The number of phenols is 1. The van der Waals surface area contributed by atoms with Crippen molar-refractivity contribution in [3.8, 4) is 11.5 Å². The maximum absolute atomic E-state index is 13.7. The summed E-state index contributed by atoms with van der Waals surface area (Å²) < 4.78 is 15.6. The van der Waals surface area contributed by atoms with E-state index in [1.54, 1.807) is 6.92 Å². The molecule has 0 saturated carbocycles. The molecule has 3 atom stereocenters. The first-order chi connectivity index (χ1) is 15.7. The molecule has 1 aliphatic heterocycles. The van der Waals surface area contributed by atoms with E-state index in [9.17, 15) is 19.5 Å². The fourth-order valence-corrected chi connectivity index (χ4v) is 4.69. The standard InChI is InChI=1S/C24H28ClNO7/c1-6-7-33-24(30)18-12(3)26-15-8-11(2)17(23(29)32-5)22(28)20(15)19(18)13-9-14(25)21(27)16(10-13)31-4/h9-11,17,19,26-27H,6-8H2,1-5H3/t11-,17+,19-/m1/s1. The van der Waals surface area contributed by atoms with Gasteiger partial charge in [-0.05, 0) is 43.4 Å². The van der Waals surface area contributed by atoms with Crippen LogP contribution in [-0.4, -0.2) is 43.7 Å². The maximum Gasteiger partial charge on any atom is 0.336 e. The monoisotopic (exact) mass is 477 g/mol. The Labute approximate surface area is 197 Å². The highest BCUT2D eigenvalue weighted by atomic mass is 35.5. The second-order valence-corrected chi connectivity index (χ2v) is 8.63. The van der Waals surface area contributed by atoms with Crippen molar-refractivity contribution in [2.24, 2.45) is 11.8 Å². The summed E-state index contributed by atoms with van der Waals surface area (Å²) in [6.45, 7) is 5.64. The van der Waals surface area contributed by atoms with E-state index in [0.717, 1.165) is 0 Å². The number of ether oxygens (including phenoxy) is 3.